The summed E-state index contributed by atoms with van der Waals surface area (Å²) in [5.74, 6) is 0. The summed E-state index contributed by atoms with van der Waals surface area (Å²) in [4.78, 5) is 4.95. The van der Waals surface area contributed by atoms with Crippen molar-refractivity contribution in [1.82, 2.24) is 9.80 Å². The molecule has 1 rings (SSSR count). The Labute approximate surface area is 94.4 Å². The molecule has 0 amide bonds. The second kappa shape index (κ2) is 4.81. The summed E-state index contributed by atoms with van der Waals surface area (Å²) < 4.78 is 5.61. The summed E-state index contributed by atoms with van der Waals surface area (Å²) in [5, 5.41) is 0. The maximum atomic E-state index is 5.61. The van der Waals surface area contributed by atoms with Gasteiger partial charge < -0.3 is 4.74 Å². The third-order valence-electron chi connectivity index (χ3n) is 3.74. The van der Waals surface area contributed by atoms with Crippen molar-refractivity contribution in [3.63, 3.8) is 0 Å². The standard InChI is InChI=1S/C12H26N2O/c1-10(2)14-8-7-13(5)11(9-14)12(3,4)15-6/h10-11H,7-9H2,1-6H3. The number of rotatable bonds is 3. The van der Waals surface area contributed by atoms with E-state index < -0.39 is 0 Å². The predicted octanol–water partition coefficient (Wildman–Crippen LogP) is 1.44. The average Bonchev–Trinajstić information content (AvgIpc) is 2.17. The maximum Gasteiger partial charge on any atom is 0.0789 e. The molecule has 1 unspecified atom stereocenters. The van der Waals surface area contributed by atoms with E-state index in [0.29, 0.717) is 12.1 Å². The number of hydrogen-bond donors (Lipinski definition) is 0. The molecule has 0 aromatic rings. The van der Waals surface area contributed by atoms with Gasteiger partial charge in [-0.25, -0.2) is 0 Å². The zero-order chi connectivity index (χ0) is 11.6. The van der Waals surface area contributed by atoms with Crippen molar-refractivity contribution < 1.29 is 4.74 Å². The summed E-state index contributed by atoms with van der Waals surface area (Å²) >= 11 is 0. The highest BCUT2D eigenvalue weighted by molar-refractivity contribution is 4.92. The monoisotopic (exact) mass is 214 g/mol. The predicted molar refractivity (Wildman–Crippen MR) is 64.2 cm³/mol. The van der Waals surface area contributed by atoms with E-state index in [0.717, 1.165) is 13.1 Å². The molecule has 0 aromatic carbocycles. The van der Waals surface area contributed by atoms with Crippen molar-refractivity contribution in [2.45, 2.75) is 45.4 Å². The molecule has 90 valence electrons. The van der Waals surface area contributed by atoms with E-state index in [4.69, 9.17) is 4.74 Å². The van der Waals surface area contributed by atoms with Crippen LogP contribution in [0.2, 0.25) is 0 Å². The molecule has 0 bridgehead atoms. The minimum atomic E-state index is -0.0672. The highest BCUT2D eigenvalue weighted by atomic mass is 16.5. The summed E-state index contributed by atoms with van der Waals surface area (Å²) in [7, 11) is 4.01. The van der Waals surface area contributed by atoms with Crippen molar-refractivity contribution in [2.24, 2.45) is 0 Å². The molecule has 0 radical (unpaired) electrons. The van der Waals surface area contributed by atoms with E-state index in [1.165, 1.54) is 6.54 Å². The molecule has 0 aliphatic carbocycles. The smallest absolute Gasteiger partial charge is 0.0789 e. The SMILES string of the molecule is COC(C)(C)C1CN(C(C)C)CCN1C. The van der Waals surface area contributed by atoms with Gasteiger partial charge in [-0.05, 0) is 34.7 Å². The highest BCUT2D eigenvalue weighted by Crippen LogP contribution is 2.23. The second-order valence-electron chi connectivity index (χ2n) is 5.39. The van der Waals surface area contributed by atoms with Gasteiger partial charge in [0.25, 0.3) is 0 Å². The van der Waals surface area contributed by atoms with Gasteiger partial charge >= 0.3 is 0 Å². The van der Waals surface area contributed by atoms with E-state index in [9.17, 15) is 0 Å². The first-order chi connectivity index (χ1) is 6.88. The third-order valence-corrected chi connectivity index (χ3v) is 3.74. The quantitative estimate of drug-likeness (QED) is 0.707. The fraction of sp³-hybridized carbons (Fsp3) is 1.00. The van der Waals surface area contributed by atoms with Gasteiger partial charge in [0.1, 0.15) is 0 Å². The minimum absolute atomic E-state index is 0.0672. The second-order valence-corrected chi connectivity index (χ2v) is 5.39. The molecule has 0 spiro atoms. The molecule has 1 atom stereocenters. The van der Waals surface area contributed by atoms with Crippen molar-refractivity contribution in [1.29, 1.82) is 0 Å². The highest BCUT2D eigenvalue weighted by Gasteiger charge is 2.37. The molecule has 0 aromatic heterocycles. The van der Waals surface area contributed by atoms with Gasteiger partial charge in [0.2, 0.25) is 0 Å². The Morgan fingerprint density at radius 1 is 1.27 bits per heavy atom. The Balaban J connectivity index is 2.69. The molecule has 1 aliphatic heterocycles. The Bertz CT molecular complexity index is 204. The molecule has 3 heteroatoms. The lowest BCUT2D eigenvalue weighted by Crippen LogP contribution is -2.61. The van der Waals surface area contributed by atoms with Crippen molar-refractivity contribution in [2.75, 3.05) is 33.8 Å². The number of nitrogens with zero attached hydrogens (tertiary/aromatic N) is 2. The fourth-order valence-electron chi connectivity index (χ4n) is 2.25. The molecular weight excluding hydrogens is 188 g/mol. The first kappa shape index (κ1) is 12.9. The van der Waals surface area contributed by atoms with Crippen LogP contribution in [0.4, 0.5) is 0 Å². The lowest BCUT2D eigenvalue weighted by atomic mass is 9.94. The van der Waals surface area contributed by atoms with E-state index in [1.54, 1.807) is 0 Å². The normalized spacial score (nSPS) is 26.2. The van der Waals surface area contributed by atoms with Crippen LogP contribution in [0.3, 0.4) is 0 Å². The Morgan fingerprint density at radius 2 is 1.87 bits per heavy atom. The van der Waals surface area contributed by atoms with E-state index >= 15 is 0 Å². The van der Waals surface area contributed by atoms with Crippen molar-refractivity contribution in [3.8, 4) is 0 Å². The maximum absolute atomic E-state index is 5.61. The number of piperazine rings is 1. The molecule has 1 heterocycles. The van der Waals surface area contributed by atoms with Gasteiger partial charge in [0.15, 0.2) is 0 Å². The van der Waals surface area contributed by atoms with Gasteiger partial charge in [0.05, 0.1) is 11.6 Å². The average molecular weight is 214 g/mol. The number of likely N-dealkylation sites (N-methyl/N-ethyl adjacent to an activating group) is 1. The minimum Gasteiger partial charge on any atom is -0.377 e. The van der Waals surface area contributed by atoms with E-state index in [-0.39, 0.29) is 5.60 Å². The summed E-state index contributed by atoms with van der Waals surface area (Å²) in [6.45, 7) is 12.3. The molecule has 3 nitrogen and oxygen atoms in total. The van der Waals surface area contributed by atoms with Crippen LogP contribution in [0.5, 0.6) is 0 Å². The number of hydrogen-bond acceptors (Lipinski definition) is 3. The van der Waals surface area contributed by atoms with Crippen LogP contribution in [-0.4, -0.2) is 61.3 Å². The van der Waals surface area contributed by atoms with E-state index in [1.807, 2.05) is 7.11 Å². The van der Waals surface area contributed by atoms with Gasteiger partial charge in [0, 0.05) is 32.8 Å². The van der Waals surface area contributed by atoms with Crippen LogP contribution in [0.1, 0.15) is 27.7 Å². The Hall–Kier alpha value is -0.120. The number of ether oxygens (including phenoxy) is 1. The topological polar surface area (TPSA) is 15.7 Å². The van der Waals surface area contributed by atoms with Crippen LogP contribution in [0.25, 0.3) is 0 Å². The lowest BCUT2D eigenvalue weighted by molar-refractivity contribution is -0.0773. The van der Waals surface area contributed by atoms with Crippen LogP contribution in [0.15, 0.2) is 0 Å². The summed E-state index contributed by atoms with van der Waals surface area (Å²) in [5.41, 5.74) is -0.0672. The molecule has 1 aliphatic rings. The van der Waals surface area contributed by atoms with E-state index in [2.05, 4.69) is 44.5 Å². The Kier molecular flexibility index (Phi) is 4.15. The summed E-state index contributed by atoms with van der Waals surface area (Å²) in [6.07, 6.45) is 0. The Morgan fingerprint density at radius 3 is 2.33 bits per heavy atom. The first-order valence-corrected chi connectivity index (χ1v) is 5.88. The molecule has 0 saturated carbocycles. The van der Waals surface area contributed by atoms with Gasteiger partial charge in [-0.2, -0.15) is 0 Å². The third kappa shape index (κ3) is 2.92. The van der Waals surface area contributed by atoms with Gasteiger partial charge in [-0.3, -0.25) is 9.80 Å². The van der Waals surface area contributed by atoms with Crippen LogP contribution >= 0.6 is 0 Å². The van der Waals surface area contributed by atoms with Crippen LogP contribution in [-0.2, 0) is 4.74 Å². The fourth-order valence-corrected chi connectivity index (χ4v) is 2.25. The van der Waals surface area contributed by atoms with Gasteiger partial charge in [-0.1, -0.05) is 0 Å². The van der Waals surface area contributed by atoms with Crippen LogP contribution < -0.4 is 0 Å². The van der Waals surface area contributed by atoms with Crippen LogP contribution in [0, 0.1) is 0 Å². The first-order valence-electron chi connectivity index (χ1n) is 5.88. The number of methoxy groups -OCH3 is 1. The lowest BCUT2D eigenvalue weighted by Gasteiger charge is -2.47. The molecule has 0 N–H and O–H groups in total. The zero-order valence-electron chi connectivity index (χ0n) is 11.1. The molecule has 1 fully saturated rings. The largest absolute Gasteiger partial charge is 0.377 e. The summed E-state index contributed by atoms with van der Waals surface area (Å²) in [6, 6.07) is 1.12. The molecular formula is C12H26N2O. The molecule has 1 saturated heterocycles. The zero-order valence-corrected chi connectivity index (χ0v) is 11.1. The van der Waals surface area contributed by atoms with Crippen molar-refractivity contribution >= 4 is 0 Å². The molecule has 15 heavy (non-hydrogen) atoms. The van der Waals surface area contributed by atoms with Gasteiger partial charge in [-0.15, -0.1) is 0 Å². The van der Waals surface area contributed by atoms with Crippen molar-refractivity contribution in [3.05, 3.63) is 0 Å².